The second-order valence-corrected chi connectivity index (χ2v) is 8.89. The molecule has 0 amide bonds. The molecule has 0 radical (unpaired) electrons. The number of aromatic amines is 1. The number of benzene rings is 2. The second-order valence-electron chi connectivity index (χ2n) is 8.89. The third-order valence-corrected chi connectivity index (χ3v) is 6.38. The third kappa shape index (κ3) is 5.62. The second kappa shape index (κ2) is 11.2. The van der Waals surface area contributed by atoms with Crippen molar-refractivity contribution in [1.29, 1.82) is 0 Å². The predicted octanol–water partition coefficient (Wildman–Crippen LogP) is 4.71. The highest BCUT2D eigenvalue weighted by Crippen LogP contribution is 2.27. The van der Waals surface area contributed by atoms with Gasteiger partial charge in [0.15, 0.2) is 5.82 Å². The summed E-state index contributed by atoms with van der Waals surface area (Å²) < 4.78 is 13.0. The summed E-state index contributed by atoms with van der Waals surface area (Å²) in [7, 11) is 0. The normalized spacial score (nSPS) is 12.3. The van der Waals surface area contributed by atoms with E-state index >= 15 is 0 Å². The Morgan fingerprint density at radius 3 is 2.68 bits per heavy atom. The number of nitrogens with one attached hydrogen (secondary N) is 1. The molecule has 190 valence electrons. The highest BCUT2D eigenvalue weighted by Gasteiger charge is 2.26. The van der Waals surface area contributed by atoms with Crippen LogP contribution in [0.1, 0.15) is 49.0 Å². The van der Waals surface area contributed by atoms with Crippen LogP contribution in [-0.2, 0) is 19.6 Å². The number of aromatic nitrogens is 5. The number of H-pyrrole nitrogens is 1. The first-order valence-electron chi connectivity index (χ1n) is 12.5. The lowest BCUT2D eigenvalue weighted by Gasteiger charge is -2.30. The van der Waals surface area contributed by atoms with Gasteiger partial charge >= 0.3 is 0 Å². The molecule has 0 aliphatic rings. The van der Waals surface area contributed by atoms with E-state index in [0.29, 0.717) is 31.8 Å². The van der Waals surface area contributed by atoms with Crippen molar-refractivity contribution in [3.05, 3.63) is 106 Å². The van der Waals surface area contributed by atoms with Gasteiger partial charge in [-0.3, -0.25) is 9.69 Å². The minimum absolute atomic E-state index is 0.111. The highest BCUT2D eigenvalue weighted by molar-refractivity contribution is 5.80. The molecule has 2 aromatic carbocycles. The summed E-state index contributed by atoms with van der Waals surface area (Å²) in [5.74, 6) is 2.28. The third-order valence-electron chi connectivity index (χ3n) is 6.38. The molecular formula is C28H30N6O3. The van der Waals surface area contributed by atoms with Gasteiger partial charge in [0.25, 0.3) is 5.56 Å². The molecule has 0 saturated heterocycles. The van der Waals surface area contributed by atoms with Crippen LogP contribution in [0.15, 0.2) is 82.2 Å². The average molecular weight is 499 g/mol. The van der Waals surface area contributed by atoms with Gasteiger partial charge in [0.05, 0.1) is 18.9 Å². The van der Waals surface area contributed by atoms with Gasteiger partial charge in [-0.05, 0) is 65.7 Å². The van der Waals surface area contributed by atoms with E-state index in [0.717, 1.165) is 40.2 Å². The number of pyridine rings is 1. The van der Waals surface area contributed by atoms with Crippen LogP contribution in [0.3, 0.4) is 0 Å². The van der Waals surface area contributed by atoms with Gasteiger partial charge < -0.3 is 14.1 Å². The molecule has 0 bridgehead atoms. The summed E-state index contributed by atoms with van der Waals surface area (Å²) in [5, 5.41) is 13.5. The number of furan rings is 1. The maximum Gasteiger partial charge on any atom is 0.252 e. The lowest BCUT2D eigenvalue weighted by atomic mass is 10.1. The van der Waals surface area contributed by atoms with Crippen LogP contribution in [0, 0.1) is 0 Å². The molecule has 0 unspecified atom stereocenters. The molecule has 0 saturated carbocycles. The molecule has 0 aliphatic heterocycles. The van der Waals surface area contributed by atoms with E-state index in [9.17, 15) is 4.79 Å². The summed E-state index contributed by atoms with van der Waals surface area (Å²) in [5.41, 5.74) is 2.48. The van der Waals surface area contributed by atoms with Gasteiger partial charge in [-0.25, -0.2) is 4.68 Å². The SMILES string of the molecule is CCOc1ccc2[nH]c(=O)c(CN(Cc3ccccc3)[C@H](CC)c3nnnn3Cc3ccco3)cc2c1. The molecule has 5 rings (SSSR count). The Kier molecular flexibility index (Phi) is 7.41. The number of rotatable bonds is 11. The molecule has 1 N–H and O–H groups in total. The van der Waals surface area contributed by atoms with E-state index in [4.69, 9.17) is 9.15 Å². The first kappa shape index (κ1) is 24.5. The van der Waals surface area contributed by atoms with Crippen LogP contribution in [0.2, 0.25) is 0 Å². The summed E-state index contributed by atoms with van der Waals surface area (Å²) in [6.07, 6.45) is 2.40. The number of hydrogen-bond donors (Lipinski definition) is 1. The van der Waals surface area contributed by atoms with E-state index in [1.807, 2.05) is 61.5 Å². The van der Waals surface area contributed by atoms with E-state index < -0.39 is 0 Å². The van der Waals surface area contributed by atoms with Gasteiger partial charge in [-0.2, -0.15) is 0 Å². The molecule has 1 atom stereocenters. The van der Waals surface area contributed by atoms with Gasteiger partial charge in [0.2, 0.25) is 0 Å². The van der Waals surface area contributed by atoms with Crippen molar-refractivity contribution in [1.82, 2.24) is 30.1 Å². The Hall–Kier alpha value is -4.24. The standard InChI is InChI=1S/C28H30N6O3/c1-3-26(27-30-31-32-34(27)19-24-11-8-14-37-24)33(17-20-9-6-5-7-10-20)18-22-15-21-16-23(36-4-2)12-13-25(21)29-28(22)35/h5-16,26H,3-4,17-19H2,1-2H3,(H,29,35)/t26-/m1/s1. The zero-order valence-electron chi connectivity index (χ0n) is 21.0. The number of nitrogens with zero attached hydrogens (tertiary/aromatic N) is 5. The largest absolute Gasteiger partial charge is 0.494 e. The average Bonchev–Trinajstić information content (AvgIpc) is 3.59. The van der Waals surface area contributed by atoms with E-state index in [2.05, 4.69) is 44.5 Å². The number of ether oxygens (including phenoxy) is 1. The van der Waals surface area contributed by atoms with Gasteiger partial charge in [0.1, 0.15) is 18.1 Å². The van der Waals surface area contributed by atoms with Crippen molar-refractivity contribution in [3.63, 3.8) is 0 Å². The Bertz CT molecular complexity index is 1490. The summed E-state index contributed by atoms with van der Waals surface area (Å²) in [6.45, 7) is 6.12. The van der Waals surface area contributed by atoms with E-state index in [1.165, 1.54) is 0 Å². The zero-order chi connectivity index (χ0) is 25.6. The van der Waals surface area contributed by atoms with Crippen molar-refractivity contribution in [2.24, 2.45) is 0 Å². The van der Waals surface area contributed by atoms with Crippen molar-refractivity contribution >= 4 is 10.9 Å². The first-order valence-corrected chi connectivity index (χ1v) is 12.5. The molecule has 3 heterocycles. The number of fused-ring (bicyclic) bond motifs is 1. The molecule has 0 aliphatic carbocycles. The summed E-state index contributed by atoms with van der Waals surface area (Å²) >= 11 is 0. The Morgan fingerprint density at radius 1 is 1.05 bits per heavy atom. The van der Waals surface area contributed by atoms with E-state index in [-0.39, 0.29) is 11.6 Å². The number of hydrogen-bond acceptors (Lipinski definition) is 7. The van der Waals surface area contributed by atoms with Crippen LogP contribution in [-0.4, -0.2) is 36.7 Å². The van der Waals surface area contributed by atoms with Crippen LogP contribution < -0.4 is 10.3 Å². The maximum absolute atomic E-state index is 13.1. The van der Waals surface area contributed by atoms with Gasteiger partial charge in [-0.15, -0.1) is 5.10 Å². The Labute approximate surface area is 214 Å². The smallest absolute Gasteiger partial charge is 0.252 e. The zero-order valence-corrected chi connectivity index (χ0v) is 21.0. The molecule has 9 nitrogen and oxygen atoms in total. The summed E-state index contributed by atoms with van der Waals surface area (Å²) in [6, 6.07) is 21.5. The fourth-order valence-electron chi connectivity index (χ4n) is 4.63. The molecule has 3 aromatic heterocycles. The van der Waals surface area contributed by atoms with Crippen molar-refractivity contribution in [2.45, 2.75) is 45.9 Å². The highest BCUT2D eigenvalue weighted by atomic mass is 16.5. The molecule has 5 aromatic rings. The molecule has 37 heavy (non-hydrogen) atoms. The van der Waals surface area contributed by atoms with Crippen molar-refractivity contribution in [2.75, 3.05) is 6.61 Å². The van der Waals surface area contributed by atoms with Crippen LogP contribution in [0.5, 0.6) is 5.75 Å². The predicted molar refractivity (Wildman–Crippen MR) is 140 cm³/mol. The maximum atomic E-state index is 13.1. The lowest BCUT2D eigenvalue weighted by Crippen LogP contribution is -2.32. The minimum Gasteiger partial charge on any atom is -0.494 e. The monoisotopic (exact) mass is 498 g/mol. The van der Waals surface area contributed by atoms with Crippen LogP contribution in [0.25, 0.3) is 10.9 Å². The van der Waals surface area contributed by atoms with Crippen LogP contribution >= 0.6 is 0 Å². The van der Waals surface area contributed by atoms with Gasteiger partial charge in [-0.1, -0.05) is 37.3 Å². The van der Waals surface area contributed by atoms with Crippen molar-refractivity contribution in [3.8, 4) is 5.75 Å². The summed E-state index contributed by atoms with van der Waals surface area (Å²) in [4.78, 5) is 18.4. The lowest BCUT2D eigenvalue weighted by molar-refractivity contribution is 0.161. The quantitative estimate of drug-likeness (QED) is 0.281. The van der Waals surface area contributed by atoms with Crippen LogP contribution in [0.4, 0.5) is 0 Å². The topological polar surface area (TPSA) is 102 Å². The first-order chi connectivity index (χ1) is 18.1. The Balaban J connectivity index is 1.51. The molecule has 0 spiro atoms. The van der Waals surface area contributed by atoms with Crippen molar-refractivity contribution < 1.29 is 9.15 Å². The molecule has 0 fully saturated rings. The van der Waals surface area contributed by atoms with Gasteiger partial charge in [0, 0.05) is 29.6 Å². The number of tetrazole rings is 1. The Morgan fingerprint density at radius 2 is 1.92 bits per heavy atom. The fraction of sp³-hybridized carbons (Fsp3) is 0.286. The van der Waals surface area contributed by atoms with E-state index in [1.54, 1.807) is 10.9 Å². The fourth-order valence-corrected chi connectivity index (χ4v) is 4.63. The molecular weight excluding hydrogens is 468 g/mol. The minimum atomic E-state index is -0.130. The molecule has 9 heteroatoms.